The Morgan fingerprint density at radius 2 is 1.64 bits per heavy atom. The zero-order chi connectivity index (χ0) is 19.7. The van der Waals surface area contributed by atoms with Crippen LogP contribution in [0.5, 0.6) is 5.75 Å². The van der Waals surface area contributed by atoms with Crippen LogP contribution in [0.3, 0.4) is 0 Å². The van der Waals surface area contributed by atoms with Gasteiger partial charge in [-0.15, -0.1) is 0 Å². The van der Waals surface area contributed by atoms with Crippen molar-refractivity contribution in [3.63, 3.8) is 0 Å². The van der Waals surface area contributed by atoms with Crippen molar-refractivity contribution in [1.29, 1.82) is 0 Å². The largest absolute Gasteiger partial charge is 0.507 e. The SMILES string of the molecule is CN(C(=O)OCC1c2ccccc2-c2ccccc21)c1ccc(C=O)c(O)c1. The van der Waals surface area contributed by atoms with Crippen LogP contribution >= 0.6 is 0 Å². The van der Waals surface area contributed by atoms with E-state index in [1.807, 2.05) is 24.3 Å². The summed E-state index contributed by atoms with van der Waals surface area (Å²) in [5, 5.41) is 9.83. The number of amides is 1. The molecule has 28 heavy (non-hydrogen) atoms. The lowest BCUT2D eigenvalue weighted by Gasteiger charge is -2.20. The lowest BCUT2D eigenvalue weighted by Crippen LogP contribution is -2.28. The summed E-state index contributed by atoms with van der Waals surface area (Å²) in [6, 6.07) is 20.7. The lowest BCUT2D eigenvalue weighted by atomic mass is 9.98. The molecule has 4 rings (SSSR count). The zero-order valence-corrected chi connectivity index (χ0v) is 15.3. The van der Waals surface area contributed by atoms with E-state index < -0.39 is 6.09 Å². The third-order valence-corrected chi connectivity index (χ3v) is 5.14. The number of hydrogen-bond acceptors (Lipinski definition) is 4. The third-order valence-electron chi connectivity index (χ3n) is 5.14. The van der Waals surface area contributed by atoms with E-state index in [4.69, 9.17) is 4.74 Å². The molecular weight excluding hydrogens is 354 g/mol. The molecule has 0 saturated heterocycles. The van der Waals surface area contributed by atoms with E-state index in [0.717, 1.165) is 11.1 Å². The second-order valence-electron chi connectivity index (χ2n) is 6.72. The van der Waals surface area contributed by atoms with E-state index in [1.54, 1.807) is 13.1 Å². The van der Waals surface area contributed by atoms with Gasteiger partial charge in [0.05, 0.1) is 11.3 Å². The molecule has 5 heteroatoms. The van der Waals surface area contributed by atoms with Gasteiger partial charge in [-0.3, -0.25) is 9.69 Å². The number of ether oxygens (including phenoxy) is 1. The Hall–Kier alpha value is -3.60. The molecule has 1 aliphatic rings. The highest BCUT2D eigenvalue weighted by Gasteiger charge is 2.29. The fraction of sp³-hybridized carbons (Fsp3) is 0.130. The average molecular weight is 373 g/mol. The number of anilines is 1. The van der Waals surface area contributed by atoms with Crippen molar-refractivity contribution in [2.45, 2.75) is 5.92 Å². The number of aromatic hydroxyl groups is 1. The molecule has 0 unspecified atom stereocenters. The van der Waals surface area contributed by atoms with Gasteiger partial charge in [0.1, 0.15) is 12.4 Å². The quantitative estimate of drug-likeness (QED) is 0.679. The van der Waals surface area contributed by atoms with Gasteiger partial charge in [-0.2, -0.15) is 0 Å². The Labute approximate surface area is 162 Å². The number of phenolic OH excluding ortho intramolecular Hbond substituents is 1. The zero-order valence-electron chi connectivity index (χ0n) is 15.3. The molecule has 0 radical (unpaired) electrons. The smallest absolute Gasteiger partial charge is 0.414 e. The maximum atomic E-state index is 12.5. The van der Waals surface area contributed by atoms with Gasteiger partial charge in [0.2, 0.25) is 0 Å². The summed E-state index contributed by atoms with van der Waals surface area (Å²) in [5.41, 5.74) is 5.24. The number of hydrogen-bond donors (Lipinski definition) is 1. The van der Waals surface area contributed by atoms with Gasteiger partial charge in [0, 0.05) is 19.0 Å². The van der Waals surface area contributed by atoms with Gasteiger partial charge in [-0.1, -0.05) is 48.5 Å². The standard InChI is InChI=1S/C23H19NO4/c1-24(16-11-10-15(13-25)22(26)12-16)23(27)28-14-21-19-8-4-2-6-17(19)18-7-3-5-9-20(18)21/h2-13,21,26H,14H2,1H3. The first-order valence-corrected chi connectivity index (χ1v) is 8.97. The van der Waals surface area contributed by atoms with Crippen LogP contribution in [-0.2, 0) is 4.74 Å². The van der Waals surface area contributed by atoms with E-state index >= 15 is 0 Å². The lowest BCUT2D eigenvalue weighted by molar-refractivity contribution is 0.112. The van der Waals surface area contributed by atoms with Gasteiger partial charge in [-0.05, 0) is 34.4 Å². The second-order valence-corrected chi connectivity index (χ2v) is 6.72. The van der Waals surface area contributed by atoms with Crippen molar-refractivity contribution >= 4 is 18.1 Å². The van der Waals surface area contributed by atoms with Gasteiger partial charge in [-0.25, -0.2) is 4.79 Å². The minimum atomic E-state index is -0.528. The van der Waals surface area contributed by atoms with Gasteiger partial charge in [0.15, 0.2) is 6.29 Å². The van der Waals surface area contributed by atoms with Gasteiger partial charge in [0.25, 0.3) is 0 Å². The molecular formula is C23H19NO4. The number of phenols is 1. The molecule has 1 N–H and O–H groups in total. The Morgan fingerprint density at radius 1 is 1.04 bits per heavy atom. The number of carbonyl (C=O) groups is 2. The maximum Gasteiger partial charge on any atom is 0.414 e. The molecule has 1 aliphatic carbocycles. The second kappa shape index (κ2) is 7.19. The molecule has 0 atom stereocenters. The van der Waals surface area contributed by atoms with Crippen molar-refractivity contribution in [1.82, 2.24) is 0 Å². The van der Waals surface area contributed by atoms with Crippen LogP contribution in [-0.4, -0.2) is 31.1 Å². The molecule has 3 aromatic carbocycles. The summed E-state index contributed by atoms with van der Waals surface area (Å²) in [5.74, 6) is -0.193. The van der Waals surface area contributed by atoms with E-state index in [2.05, 4.69) is 24.3 Å². The normalized spacial score (nSPS) is 12.2. The number of benzene rings is 3. The molecule has 3 aromatic rings. The monoisotopic (exact) mass is 373 g/mol. The first-order chi connectivity index (χ1) is 13.6. The first-order valence-electron chi connectivity index (χ1n) is 8.97. The van der Waals surface area contributed by atoms with Crippen LogP contribution in [0.15, 0.2) is 66.7 Å². The van der Waals surface area contributed by atoms with Crippen LogP contribution in [0.1, 0.15) is 27.4 Å². The summed E-state index contributed by atoms with van der Waals surface area (Å²) in [4.78, 5) is 24.7. The number of aldehydes is 1. The van der Waals surface area contributed by atoms with Crippen LogP contribution < -0.4 is 4.90 Å². The summed E-state index contributed by atoms with van der Waals surface area (Å²) in [6.45, 7) is 0.218. The first kappa shape index (κ1) is 17.8. The van der Waals surface area contributed by atoms with Crippen molar-refractivity contribution in [3.8, 4) is 16.9 Å². The summed E-state index contributed by atoms with van der Waals surface area (Å²) in [7, 11) is 1.56. The van der Waals surface area contributed by atoms with Crippen LogP contribution in [0.2, 0.25) is 0 Å². The van der Waals surface area contributed by atoms with E-state index in [1.165, 1.54) is 28.2 Å². The fourth-order valence-electron chi connectivity index (χ4n) is 3.64. The van der Waals surface area contributed by atoms with Gasteiger partial charge < -0.3 is 9.84 Å². The maximum absolute atomic E-state index is 12.5. The van der Waals surface area contributed by atoms with Crippen molar-refractivity contribution in [2.24, 2.45) is 0 Å². The minimum Gasteiger partial charge on any atom is -0.507 e. The summed E-state index contributed by atoms with van der Waals surface area (Å²) >= 11 is 0. The molecule has 0 spiro atoms. The van der Waals surface area contributed by atoms with Crippen molar-refractivity contribution in [2.75, 3.05) is 18.6 Å². The Kier molecular flexibility index (Phi) is 4.57. The van der Waals surface area contributed by atoms with Crippen molar-refractivity contribution in [3.05, 3.63) is 83.4 Å². The van der Waals surface area contributed by atoms with Crippen LogP contribution in [0, 0.1) is 0 Å². The fourth-order valence-corrected chi connectivity index (χ4v) is 3.64. The Bertz CT molecular complexity index is 1010. The predicted molar refractivity (Wildman–Crippen MR) is 107 cm³/mol. The number of fused-ring (bicyclic) bond motifs is 3. The molecule has 140 valence electrons. The van der Waals surface area contributed by atoms with Crippen LogP contribution in [0.4, 0.5) is 10.5 Å². The molecule has 0 aromatic heterocycles. The average Bonchev–Trinajstić information content (AvgIpc) is 3.05. The van der Waals surface area contributed by atoms with E-state index in [0.29, 0.717) is 12.0 Å². The molecule has 0 fully saturated rings. The summed E-state index contributed by atoms with van der Waals surface area (Å²) < 4.78 is 5.59. The number of rotatable bonds is 4. The highest BCUT2D eigenvalue weighted by molar-refractivity contribution is 5.89. The molecule has 0 heterocycles. The van der Waals surface area contributed by atoms with E-state index in [-0.39, 0.29) is 23.8 Å². The molecule has 0 bridgehead atoms. The number of carbonyl (C=O) groups excluding carboxylic acids is 2. The van der Waals surface area contributed by atoms with Crippen LogP contribution in [0.25, 0.3) is 11.1 Å². The molecule has 5 nitrogen and oxygen atoms in total. The topological polar surface area (TPSA) is 66.8 Å². The minimum absolute atomic E-state index is 0.0180. The van der Waals surface area contributed by atoms with Crippen molar-refractivity contribution < 1.29 is 19.4 Å². The van der Waals surface area contributed by atoms with E-state index in [9.17, 15) is 14.7 Å². The number of nitrogens with zero attached hydrogens (tertiary/aromatic N) is 1. The molecule has 0 saturated carbocycles. The van der Waals surface area contributed by atoms with Gasteiger partial charge >= 0.3 is 6.09 Å². The Morgan fingerprint density at radius 3 is 2.21 bits per heavy atom. The predicted octanol–water partition coefficient (Wildman–Crippen LogP) is 4.59. The highest BCUT2D eigenvalue weighted by Crippen LogP contribution is 2.44. The Balaban J connectivity index is 1.52. The summed E-state index contributed by atoms with van der Waals surface area (Å²) in [6.07, 6.45) is 0.0343. The molecule has 0 aliphatic heterocycles. The third kappa shape index (κ3) is 3.01. The molecule has 1 amide bonds. The highest BCUT2D eigenvalue weighted by atomic mass is 16.6.